The van der Waals surface area contributed by atoms with Crippen molar-refractivity contribution in [2.75, 3.05) is 14.1 Å². The van der Waals surface area contributed by atoms with Gasteiger partial charge in [-0.25, -0.2) is 0 Å². The zero-order valence-corrected chi connectivity index (χ0v) is 10.7. The van der Waals surface area contributed by atoms with Crippen LogP contribution in [0.1, 0.15) is 28.5 Å². The van der Waals surface area contributed by atoms with Crippen molar-refractivity contribution in [3.05, 3.63) is 29.1 Å². The third-order valence-electron chi connectivity index (χ3n) is 2.20. The van der Waals surface area contributed by atoms with E-state index >= 15 is 0 Å². The summed E-state index contributed by atoms with van der Waals surface area (Å²) in [6.07, 6.45) is 2.49. The highest BCUT2D eigenvalue weighted by Crippen LogP contribution is 2.26. The van der Waals surface area contributed by atoms with Crippen LogP contribution in [0.2, 0.25) is 0 Å². The fourth-order valence-corrected chi connectivity index (χ4v) is 1.26. The molecule has 0 saturated heterocycles. The molecule has 4 nitrogen and oxygen atoms in total. The van der Waals surface area contributed by atoms with Crippen LogP contribution in [0, 0.1) is 6.92 Å². The highest BCUT2D eigenvalue weighted by Gasteiger charge is 2.27. The first-order valence-corrected chi connectivity index (χ1v) is 5.31. The van der Waals surface area contributed by atoms with Crippen LogP contribution >= 0.6 is 0 Å². The van der Waals surface area contributed by atoms with Crippen molar-refractivity contribution in [1.82, 2.24) is 9.88 Å². The molecule has 0 saturated carbocycles. The number of hydrogen-bond donors (Lipinski definition) is 0. The van der Waals surface area contributed by atoms with E-state index in [1.807, 2.05) is 0 Å². The molecule has 18 heavy (non-hydrogen) atoms. The maximum Gasteiger partial charge on any atom is 0.286 e. The van der Waals surface area contributed by atoms with Gasteiger partial charge in [0.05, 0.1) is 11.9 Å². The number of aryl methyl sites for hydroxylation is 1. The molecule has 0 aromatic carbocycles. The second-order valence-electron chi connectivity index (χ2n) is 4.29. The second-order valence-corrected chi connectivity index (χ2v) is 4.29. The van der Waals surface area contributed by atoms with Gasteiger partial charge in [0, 0.05) is 27.2 Å². The third kappa shape index (κ3) is 3.58. The Labute approximate surface area is 104 Å². The number of carbonyl (C=O) groups excluding carboxylic acids is 1. The lowest BCUT2D eigenvalue weighted by Gasteiger charge is -2.11. The van der Waals surface area contributed by atoms with E-state index in [0.29, 0.717) is 5.56 Å². The number of hydrogen-bond acceptors (Lipinski definition) is 2. The molecule has 0 radical (unpaired) electrons. The minimum absolute atomic E-state index is 0.223. The lowest BCUT2D eigenvalue weighted by Crippen LogP contribution is -2.13. The summed E-state index contributed by atoms with van der Waals surface area (Å²) >= 11 is 0. The lowest BCUT2D eigenvalue weighted by atomic mass is 10.1. The van der Waals surface area contributed by atoms with Gasteiger partial charge in [-0.2, -0.15) is 13.8 Å². The summed E-state index contributed by atoms with van der Waals surface area (Å²) in [4.78, 5) is 20.6. The molecule has 0 bridgehead atoms. The fraction of sp³-hybridized carbons (Fsp3) is 0.417. The number of nitrogens with zero attached hydrogens (tertiary/aromatic N) is 3. The molecule has 6 heteroatoms. The van der Waals surface area contributed by atoms with Crippen LogP contribution in [0.25, 0.3) is 0 Å². The molecule has 1 amide bonds. The Morgan fingerprint density at radius 1 is 1.50 bits per heavy atom. The van der Waals surface area contributed by atoms with Gasteiger partial charge in [0.1, 0.15) is 5.69 Å². The molecule has 1 rings (SSSR count). The van der Waals surface area contributed by atoms with Gasteiger partial charge in [0.25, 0.3) is 11.8 Å². The average molecular weight is 255 g/mol. The molecule has 0 aliphatic rings. The summed E-state index contributed by atoms with van der Waals surface area (Å²) in [6, 6.07) is 1.21. The minimum atomic E-state index is -3.01. The zero-order chi connectivity index (χ0) is 13.9. The number of pyridine rings is 1. The Hall–Kier alpha value is -1.85. The number of aromatic nitrogens is 1. The van der Waals surface area contributed by atoms with Crippen LogP contribution < -0.4 is 0 Å². The summed E-state index contributed by atoms with van der Waals surface area (Å²) in [7, 11) is 3.45. The molecule has 98 valence electrons. The van der Waals surface area contributed by atoms with E-state index in [1.54, 1.807) is 25.9 Å². The number of amides is 1. The van der Waals surface area contributed by atoms with Gasteiger partial charge in [0.15, 0.2) is 0 Å². The fourth-order valence-electron chi connectivity index (χ4n) is 1.26. The van der Waals surface area contributed by atoms with Crippen LogP contribution in [-0.4, -0.2) is 36.2 Å². The van der Waals surface area contributed by atoms with Gasteiger partial charge in [-0.05, 0) is 18.6 Å². The number of halogens is 2. The van der Waals surface area contributed by atoms with E-state index in [0.717, 1.165) is 13.1 Å². The van der Waals surface area contributed by atoms with E-state index in [2.05, 4.69) is 9.98 Å². The van der Waals surface area contributed by atoms with Crippen molar-refractivity contribution >= 4 is 12.2 Å². The molecule has 0 N–H and O–H groups in total. The Morgan fingerprint density at radius 3 is 2.56 bits per heavy atom. The summed E-state index contributed by atoms with van der Waals surface area (Å²) in [5.41, 5.74) is 0.302. The molecule has 0 aliphatic heterocycles. The average Bonchev–Trinajstić information content (AvgIpc) is 2.24. The SMILES string of the molecule is Cc1cc(C(C)(F)F)ncc1C(=O)/N=C\N(C)C. The summed E-state index contributed by atoms with van der Waals surface area (Å²) in [5, 5.41) is 0. The van der Waals surface area contributed by atoms with Crippen LogP contribution in [0.5, 0.6) is 0 Å². The van der Waals surface area contributed by atoms with Crippen molar-refractivity contribution < 1.29 is 13.6 Å². The topological polar surface area (TPSA) is 45.6 Å². The van der Waals surface area contributed by atoms with E-state index in [9.17, 15) is 13.6 Å². The van der Waals surface area contributed by atoms with Crippen molar-refractivity contribution in [2.24, 2.45) is 4.99 Å². The molecular formula is C12H15F2N3O. The molecule has 0 atom stereocenters. The number of rotatable bonds is 3. The summed E-state index contributed by atoms with van der Waals surface area (Å²) < 4.78 is 26.1. The molecule has 0 unspecified atom stereocenters. The molecule has 0 fully saturated rings. The quantitative estimate of drug-likeness (QED) is 0.614. The third-order valence-corrected chi connectivity index (χ3v) is 2.20. The van der Waals surface area contributed by atoms with Gasteiger partial charge in [0.2, 0.25) is 0 Å². The molecular weight excluding hydrogens is 240 g/mol. The first-order valence-electron chi connectivity index (χ1n) is 5.31. The van der Waals surface area contributed by atoms with Gasteiger partial charge < -0.3 is 4.90 Å². The number of alkyl halides is 2. The normalized spacial score (nSPS) is 11.9. The smallest absolute Gasteiger partial charge is 0.286 e. The van der Waals surface area contributed by atoms with Gasteiger partial charge in [-0.3, -0.25) is 9.78 Å². The first-order chi connectivity index (χ1) is 8.21. The first kappa shape index (κ1) is 14.2. The maximum absolute atomic E-state index is 13.0. The van der Waals surface area contributed by atoms with Crippen LogP contribution in [0.15, 0.2) is 17.3 Å². The Balaban J connectivity index is 3.03. The maximum atomic E-state index is 13.0. The molecule has 0 aliphatic carbocycles. The summed E-state index contributed by atoms with van der Waals surface area (Å²) in [6.45, 7) is 2.34. The van der Waals surface area contributed by atoms with E-state index < -0.39 is 11.8 Å². The highest BCUT2D eigenvalue weighted by molar-refractivity contribution is 5.99. The van der Waals surface area contributed by atoms with Crippen LogP contribution in [-0.2, 0) is 5.92 Å². The van der Waals surface area contributed by atoms with Crippen molar-refractivity contribution in [3.8, 4) is 0 Å². The Morgan fingerprint density at radius 2 is 2.11 bits per heavy atom. The van der Waals surface area contributed by atoms with Gasteiger partial charge in [-0.15, -0.1) is 0 Å². The number of aliphatic imine (C=N–C) groups is 1. The standard InChI is InChI=1S/C12H15F2N3O/c1-8-5-10(12(2,13)14)15-6-9(8)11(18)16-7-17(3)4/h5-7H,1-4H3/b16-7-. The van der Waals surface area contributed by atoms with E-state index in [-0.39, 0.29) is 11.3 Å². The second kappa shape index (κ2) is 5.20. The zero-order valence-electron chi connectivity index (χ0n) is 10.7. The van der Waals surface area contributed by atoms with Gasteiger partial charge >= 0.3 is 0 Å². The molecule has 0 spiro atoms. The largest absolute Gasteiger partial charge is 0.369 e. The predicted octanol–water partition coefficient (Wildman–Crippen LogP) is 2.23. The van der Waals surface area contributed by atoms with Crippen LogP contribution in [0.4, 0.5) is 8.78 Å². The Kier molecular flexibility index (Phi) is 4.11. The van der Waals surface area contributed by atoms with Crippen molar-refractivity contribution in [1.29, 1.82) is 0 Å². The van der Waals surface area contributed by atoms with Crippen molar-refractivity contribution in [3.63, 3.8) is 0 Å². The Bertz CT molecular complexity index is 479. The minimum Gasteiger partial charge on any atom is -0.369 e. The monoisotopic (exact) mass is 255 g/mol. The molecule has 1 heterocycles. The molecule has 1 aromatic heterocycles. The predicted molar refractivity (Wildman–Crippen MR) is 65.1 cm³/mol. The lowest BCUT2D eigenvalue weighted by molar-refractivity contribution is 0.0126. The number of carbonyl (C=O) groups is 1. The van der Waals surface area contributed by atoms with Crippen molar-refractivity contribution in [2.45, 2.75) is 19.8 Å². The van der Waals surface area contributed by atoms with Gasteiger partial charge in [-0.1, -0.05) is 0 Å². The summed E-state index contributed by atoms with van der Waals surface area (Å²) in [5.74, 6) is -3.51. The van der Waals surface area contributed by atoms with Crippen LogP contribution in [0.3, 0.4) is 0 Å². The van der Waals surface area contributed by atoms with E-state index in [1.165, 1.54) is 12.4 Å². The van der Waals surface area contributed by atoms with E-state index in [4.69, 9.17) is 0 Å². The highest BCUT2D eigenvalue weighted by atomic mass is 19.3. The molecule has 1 aromatic rings.